The third-order valence-electron chi connectivity index (χ3n) is 14.2. The molecule has 2 saturated carbocycles. The Morgan fingerprint density at radius 3 is 1.57 bits per heavy atom. The second kappa shape index (κ2) is 17.5. The minimum atomic E-state index is -0.437. The van der Waals surface area contributed by atoms with Gasteiger partial charge in [0, 0.05) is 55.1 Å². The molecule has 14 heteroatoms. The number of nitrogens with zero attached hydrogens (tertiary/aromatic N) is 2. The number of carbonyl (C=O) groups excluding carboxylic acids is 2. The lowest BCUT2D eigenvalue weighted by Crippen LogP contribution is -2.41. The average molecular weight is 866 g/mol. The Labute approximate surface area is 353 Å². The van der Waals surface area contributed by atoms with Crippen LogP contribution in [0.25, 0.3) is 0 Å². The summed E-state index contributed by atoms with van der Waals surface area (Å²) in [6.45, 7) is 18.9. The molecule has 2 aliphatic carbocycles. The molecule has 2 aromatic rings. The van der Waals surface area contributed by atoms with Gasteiger partial charge in [0.15, 0.2) is 0 Å². The van der Waals surface area contributed by atoms with Crippen LogP contribution < -0.4 is 16.1 Å². The SMILES string of the molecule is CC1(C)OB(c2ccc3c(c2)NC(=O)C32CCC(OCCN3CCOCC3)CC2)OC1(C)C.O=C1Nc2cc(Br)ccc2C12CCC(OCCN1CCOCC1)CC2. The molecule has 5 fully saturated rings. The topological polar surface area (TPSA) is 120 Å². The number of fused-ring (bicyclic) bond motifs is 4. The van der Waals surface area contributed by atoms with E-state index >= 15 is 0 Å². The van der Waals surface area contributed by atoms with Crippen molar-refractivity contribution in [2.45, 2.75) is 113 Å². The number of rotatable bonds is 9. The van der Waals surface area contributed by atoms with Gasteiger partial charge in [-0.1, -0.05) is 34.1 Å². The van der Waals surface area contributed by atoms with Crippen LogP contribution in [-0.4, -0.2) is 131 Å². The number of anilines is 2. The number of carbonyl (C=O) groups is 2. The molecule has 7 aliphatic rings. The monoisotopic (exact) mass is 864 g/mol. The van der Waals surface area contributed by atoms with E-state index in [1.807, 2.05) is 18.2 Å². The summed E-state index contributed by atoms with van der Waals surface area (Å²) in [7, 11) is -0.427. The number of ether oxygens (including phenoxy) is 4. The summed E-state index contributed by atoms with van der Waals surface area (Å²) in [5.41, 5.74) is 3.53. The third-order valence-corrected chi connectivity index (χ3v) is 14.7. The second-order valence-corrected chi connectivity index (χ2v) is 19.1. The highest BCUT2D eigenvalue weighted by Crippen LogP contribution is 2.49. The van der Waals surface area contributed by atoms with E-state index in [9.17, 15) is 9.59 Å². The van der Waals surface area contributed by atoms with E-state index in [0.29, 0.717) is 0 Å². The molecule has 2 amide bonds. The summed E-state index contributed by atoms with van der Waals surface area (Å²) in [5.74, 6) is 0.280. The van der Waals surface area contributed by atoms with Crippen molar-refractivity contribution in [1.82, 2.24) is 9.80 Å². The summed E-state index contributed by atoms with van der Waals surface area (Å²) in [5, 5.41) is 6.23. The third kappa shape index (κ3) is 8.70. The average Bonchev–Trinajstić information content (AvgIpc) is 3.73. The zero-order chi connectivity index (χ0) is 40.5. The maximum Gasteiger partial charge on any atom is 0.494 e. The Balaban J connectivity index is 0.000000168. The van der Waals surface area contributed by atoms with Gasteiger partial charge < -0.3 is 38.9 Å². The molecule has 0 unspecified atom stereocenters. The summed E-state index contributed by atoms with van der Waals surface area (Å²) in [4.78, 5) is 30.6. The predicted octanol–water partition coefficient (Wildman–Crippen LogP) is 5.40. The highest BCUT2D eigenvalue weighted by atomic mass is 79.9. The molecule has 12 nitrogen and oxygen atoms in total. The van der Waals surface area contributed by atoms with E-state index in [1.165, 1.54) is 0 Å². The molecule has 0 bridgehead atoms. The number of amides is 2. The number of hydrogen-bond acceptors (Lipinski definition) is 10. The van der Waals surface area contributed by atoms with Gasteiger partial charge in [0.1, 0.15) is 0 Å². The van der Waals surface area contributed by atoms with Crippen LogP contribution in [0.3, 0.4) is 0 Å². The van der Waals surface area contributed by atoms with Crippen molar-refractivity contribution < 1.29 is 37.8 Å². The van der Waals surface area contributed by atoms with Gasteiger partial charge in [-0.2, -0.15) is 0 Å². The first-order valence-corrected chi connectivity index (χ1v) is 22.4. The van der Waals surface area contributed by atoms with E-state index in [0.717, 1.165) is 163 Å². The molecule has 9 rings (SSSR count). The Morgan fingerprint density at radius 2 is 1.10 bits per heavy atom. The van der Waals surface area contributed by atoms with Gasteiger partial charge in [0.2, 0.25) is 11.8 Å². The largest absolute Gasteiger partial charge is 0.494 e. The minimum absolute atomic E-state index is 0.121. The lowest BCUT2D eigenvalue weighted by atomic mass is 9.68. The number of nitrogens with one attached hydrogen (secondary N) is 2. The van der Waals surface area contributed by atoms with Gasteiger partial charge in [-0.3, -0.25) is 19.4 Å². The van der Waals surface area contributed by atoms with Crippen LogP contribution in [-0.2, 0) is 48.7 Å². The molecule has 2 spiro atoms. The standard InChI is InChI=1S/C25H37BN2O5.C19H25BrN2O3/c1-23(2)24(3,4)33-26(32-23)18-5-6-20-21(17-18)27-22(29)25(20)9-7-19(8-10-25)31-16-13-28-11-14-30-15-12-28;20-14-1-2-16-17(13-14)21-18(23)19(16)5-3-15(4-6-19)25-12-9-22-7-10-24-11-8-22/h5-6,17,19H,7-16H2,1-4H3,(H,27,29);1-2,13,15H,3-12H2,(H,21,23). The molecule has 316 valence electrons. The summed E-state index contributed by atoms with van der Waals surface area (Å²) < 4.78 is 36.5. The van der Waals surface area contributed by atoms with Gasteiger partial charge in [-0.25, -0.2) is 0 Å². The highest BCUT2D eigenvalue weighted by molar-refractivity contribution is 9.10. The second-order valence-electron chi connectivity index (χ2n) is 18.2. The van der Waals surface area contributed by atoms with Crippen molar-refractivity contribution in [2.75, 3.05) is 89.5 Å². The first-order valence-electron chi connectivity index (χ1n) is 21.6. The van der Waals surface area contributed by atoms with Gasteiger partial charge in [-0.15, -0.1) is 0 Å². The molecule has 3 saturated heterocycles. The van der Waals surface area contributed by atoms with Gasteiger partial charge in [-0.05, 0) is 114 Å². The van der Waals surface area contributed by atoms with Gasteiger partial charge in [0.25, 0.3) is 0 Å². The lowest BCUT2D eigenvalue weighted by Gasteiger charge is -2.36. The van der Waals surface area contributed by atoms with Crippen LogP contribution in [0.4, 0.5) is 11.4 Å². The summed E-state index contributed by atoms with van der Waals surface area (Å²) in [6.07, 6.45) is 7.62. The van der Waals surface area contributed by atoms with E-state index in [-0.39, 0.29) is 40.6 Å². The van der Waals surface area contributed by atoms with Crippen LogP contribution >= 0.6 is 15.9 Å². The molecule has 58 heavy (non-hydrogen) atoms. The summed E-state index contributed by atoms with van der Waals surface area (Å²) >= 11 is 3.48. The maximum absolute atomic E-state index is 13.1. The Kier molecular flexibility index (Phi) is 12.8. The molecule has 5 aliphatic heterocycles. The quantitative estimate of drug-likeness (QED) is 0.318. The van der Waals surface area contributed by atoms with E-state index in [1.54, 1.807) is 0 Å². The zero-order valence-corrected chi connectivity index (χ0v) is 36.5. The first kappa shape index (κ1) is 42.3. The molecule has 5 heterocycles. The molecular formula is C44H62BBrN4O8. The molecule has 2 N–H and O–H groups in total. The van der Waals surface area contributed by atoms with Crippen molar-refractivity contribution in [3.8, 4) is 0 Å². The number of halogens is 1. The van der Waals surface area contributed by atoms with Crippen molar-refractivity contribution in [3.63, 3.8) is 0 Å². The van der Waals surface area contributed by atoms with Crippen LogP contribution in [0.15, 0.2) is 40.9 Å². The number of hydrogen-bond donors (Lipinski definition) is 2. The maximum atomic E-state index is 13.1. The van der Waals surface area contributed by atoms with Crippen molar-refractivity contribution in [3.05, 3.63) is 52.0 Å². The molecule has 0 aromatic heterocycles. The van der Waals surface area contributed by atoms with Crippen LogP contribution in [0.1, 0.15) is 90.2 Å². The molecule has 2 aromatic carbocycles. The zero-order valence-electron chi connectivity index (χ0n) is 34.9. The Bertz CT molecular complexity index is 1770. The first-order chi connectivity index (χ1) is 27.9. The number of benzene rings is 2. The van der Waals surface area contributed by atoms with Crippen molar-refractivity contribution in [1.29, 1.82) is 0 Å². The molecule has 0 radical (unpaired) electrons. The fraction of sp³-hybridized carbons (Fsp3) is 0.682. The fourth-order valence-corrected chi connectivity index (χ4v) is 10.2. The van der Waals surface area contributed by atoms with Crippen molar-refractivity contribution >= 4 is 51.7 Å². The van der Waals surface area contributed by atoms with Crippen LogP contribution in [0.2, 0.25) is 0 Å². The molecule has 0 atom stereocenters. The normalized spacial score (nSPS) is 30.5. The highest BCUT2D eigenvalue weighted by Gasteiger charge is 2.53. The van der Waals surface area contributed by atoms with Gasteiger partial charge in [0.05, 0.1) is 73.9 Å². The smallest absolute Gasteiger partial charge is 0.399 e. The van der Waals surface area contributed by atoms with E-state index in [2.05, 4.69) is 82.3 Å². The Hall–Kier alpha value is -2.40. The van der Waals surface area contributed by atoms with E-state index in [4.69, 9.17) is 28.3 Å². The minimum Gasteiger partial charge on any atom is -0.399 e. The van der Waals surface area contributed by atoms with E-state index < -0.39 is 12.5 Å². The Morgan fingerprint density at radius 1 is 0.672 bits per heavy atom. The van der Waals surface area contributed by atoms with Crippen LogP contribution in [0, 0.1) is 0 Å². The summed E-state index contributed by atoms with van der Waals surface area (Å²) in [6, 6.07) is 12.3. The lowest BCUT2D eigenvalue weighted by molar-refractivity contribution is -0.124. The van der Waals surface area contributed by atoms with Crippen molar-refractivity contribution in [2.24, 2.45) is 0 Å². The predicted molar refractivity (Wildman–Crippen MR) is 228 cm³/mol. The fourth-order valence-electron chi connectivity index (χ4n) is 9.81. The molecular weight excluding hydrogens is 803 g/mol. The van der Waals surface area contributed by atoms with Crippen LogP contribution in [0.5, 0.6) is 0 Å². The number of morpholine rings is 2. The van der Waals surface area contributed by atoms with Gasteiger partial charge >= 0.3 is 7.12 Å².